The van der Waals surface area contributed by atoms with Crippen molar-refractivity contribution in [2.45, 2.75) is 27.7 Å². The summed E-state index contributed by atoms with van der Waals surface area (Å²) in [4.78, 5) is 14.5. The monoisotopic (exact) mass is 375 g/mol. The van der Waals surface area contributed by atoms with Gasteiger partial charge in [-0.3, -0.25) is 4.79 Å². The minimum atomic E-state index is -0.0867. The van der Waals surface area contributed by atoms with Crippen molar-refractivity contribution in [2.24, 2.45) is 0 Å². The van der Waals surface area contributed by atoms with E-state index in [-0.39, 0.29) is 5.91 Å². The molecule has 0 spiro atoms. The molecule has 4 nitrogen and oxygen atoms in total. The Labute approximate surface area is 162 Å². The van der Waals surface area contributed by atoms with E-state index in [1.54, 1.807) is 0 Å². The zero-order chi connectivity index (χ0) is 19.1. The van der Waals surface area contributed by atoms with Gasteiger partial charge in [-0.2, -0.15) is 5.10 Å². The molecule has 1 N–H and O–H groups in total. The van der Waals surface area contributed by atoms with Gasteiger partial charge in [-0.15, -0.1) is 11.3 Å². The molecule has 0 saturated heterocycles. The van der Waals surface area contributed by atoms with Crippen LogP contribution in [0.1, 0.15) is 32.1 Å². The Kier molecular flexibility index (Phi) is 4.32. The Hall–Kier alpha value is -2.92. The van der Waals surface area contributed by atoms with Crippen LogP contribution in [0.3, 0.4) is 0 Å². The second kappa shape index (κ2) is 6.67. The van der Waals surface area contributed by atoms with E-state index >= 15 is 0 Å². The Morgan fingerprint density at radius 2 is 1.70 bits per heavy atom. The zero-order valence-electron chi connectivity index (χ0n) is 15.8. The highest BCUT2D eigenvalue weighted by Crippen LogP contribution is 2.31. The number of thiophene rings is 1. The fourth-order valence-electron chi connectivity index (χ4n) is 3.33. The molecular weight excluding hydrogens is 354 g/mol. The Morgan fingerprint density at radius 1 is 0.963 bits per heavy atom. The van der Waals surface area contributed by atoms with Crippen LogP contribution in [0, 0.1) is 27.7 Å². The first-order chi connectivity index (χ1) is 12.9. The van der Waals surface area contributed by atoms with Crippen LogP contribution in [0.5, 0.6) is 0 Å². The maximum Gasteiger partial charge on any atom is 0.265 e. The average Bonchev–Trinajstić information content (AvgIpc) is 3.15. The molecule has 2 heterocycles. The molecule has 0 fully saturated rings. The van der Waals surface area contributed by atoms with Crippen LogP contribution in [0.4, 0.5) is 5.69 Å². The van der Waals surface area contributed by atoms with E-state index in [0.717, 1.165) is 38.4 Å². The lowest BCUT2D eigenvalue weighted by atomic mass is 10.1. The van der Waals surface area contributed by atoms with Crippen molar-refractivity contribution >= 4 is 33.1 Å². The number of fused-ring (bicyclic) bond motifs is 1. The van der Waals surface area contributed by atoms with E-state index in [9.17, 15) is 4.79 Å². The van der Waals surface area contributed by atoms with Crippen molar-refractivity contribution in [3.05, 3.63) is 75.8 Å². The second-order valence-corrected chi connectivity index (χ2v) is 8.03. The lowest BCUT2D eigenvalue weighted by Crippen LogP contribution is -2.10. The lowest BCUT2D eigenvalue weighted by molar-refractivity contribution is 0.103. The third-order valence-corrected chi connectivity index (χ3v) is 5.60. The molecule has 2 aromatic heterocycles. The minimum absolute atomic E-state index is 0.0867. The number of nitrogens with zero attached hydrogens (tertiary/aromatic N) is 2. The van der Waals surface area contributed by atoms with Gasteiger partial charge < -0.3 is 5.32 Å². The standard InChI is InChI=1S/C22H21N3OS/c1-13-6-5-7-18(11-13)25-22-19(16(4)24-25)12-20(27-22)21(26)23-17-9-14(2)8-15(3)10-17/h5-12H,1-4H3,(H,23,26). The molecule has 4 aromatic rings. The van der Waals surface area contributed by atoms with Gasteiger partial charge in [0.15, 0.2) is 0 Å². The highest BCUT2D eigenvalue weighted by molar-refractivity contribution is 7.20. The number of rotatable bonds is 3. The number of aryl methyl sites for hydroxylation is 4. The molecule has 0 aliphatic carbocycles. The minimum Gasteiger partial charge on any atom is -0.321 e. The SMILES string of the molecule is Cc1cc(C)cc(NC(=O)c2cc3c(C)nn(-c4cccc(C)c4)c3s2)c1. The van der Waals surface area contributed by atoms with Crippen molar-refractivity contribution in [2.75, 3.05) is 5.32 Å². The molecule has 0 saturated carbocycles. The van der Waals surface area contributed by atoms with Gasteiger partial charge in [0.1, 0.15) is 4.83 Å². The van der Waals surface area contributed by atoms with Crippen LogP contribution in [0.25, 0.3) is 15.9 Å². The van der Waals surface area contributed by atoms with Gasteiger partial charge in [0.05, 0.1) is 16.3 Å². The van der Waals surface area contributed by atoms with Crippen molar-refractivity contribution in [1.29, 1.82) is 0 Å². The molecule has 0 aliphatic rings. The molecule has 0 aliphatic heterocycles. The first kappa shape index (κ1) is 17.5. The summed E-state index contributed by atoms with van der Waals surface area (Å²) >= 11 is 1.47. The number of aromatic nitrogens is 2. The van der Waals surface area contributed by atoms with Crippen LogP contribution < -0.4 is 5.32 Å². The summed E-state index contributed by atoms with van der Waals surface area (Å²) in [6.07, 6.45) is 0. The first-order valence-electron chi connectivity index (χ1n) is 8.86. The Bertz CT molecular complexity index is 1150. The predicted octanol–water partition coefficient (Wildman–Crippen LogP) is 5.57. The number of carbonyl (C=O) groups is 1. The van der Waals surface area contributed by atoms with E-state index in [2.05, 4.69) is 35.5 Å². The second-order valence-electron chi connectivity index (χ2n) is 7.00. The lowest BCUT2D eigenvalue weighted by Gasteiger charge is -2.06. The molecular formula is C22H21N3OS. The molecule has 27 heavy (non-hydrogen) atoms. The molecule has 0 unspecified atom stereocenters. The van der Waals surface area contributed by atoms with Crippen LogP contribution in [0.2, 0.25) is 0 Å². The highest BCUT2D eigenvalue weighted by Gasteiger charge is 2.17. The highest BCUT2D eigenvalue weighted by atomic mass is 32.1. The summed E-state index contributed by atoms with van der Waals surface area (Å²) < 4.78 is 1.93. The summed E-state index contributed by atoms with van der Waals surface area (Å²) in [7, 11) is 0. The maximum absolute atomic E-state index is 12.8. The number of carbonyl (C=O) groups excluding carboxylic acids is 1. The number of hydrogen-bond acceptors (Lipinski definition) is 3. The van der Waals surface area contributed by atoms with Gasteiger partial charge in [-0.25, -0.2) is 4.68 Å². The summed E-state index contributed by atoms with van der Waals surface area (Å²) in [6.45, 7) is 8.10. The molecule has 0 atom stereocenters. The smallest absolute Gasteiger partial charge is 0.265 e. The zero-order valence-corrected chi connectivity index (χ0v) is 16.6. The first-order valence-corrected chi connectivity index (χ1v) is 9.68. The van der Waals surface area contributed by atoms with E-state index < -0.39 is 0 Å². The van der Waals surface area contributed by atoms with Crippen molar-refractivity contribution in [3.63, 3.8) is 0 Å². The van der Waals surface area contributed by atoms with Crippen LogP contribution in [-0.4, -0.2) is 15.7 Å². The third-order valence-electron chi connectivity index (χ3n) is 4.49. The van der Waals surface area contributed by atoms with Gasteiger partial charge in [-0.1, -0.05) is 18.2 Å². The van der Waals surface area contributed by atoms with Gasteiger partial charge in [-0.05, 0) is 74.7 Å². The normalized spacial score (nSPS) is 11.1. The van der Waals surface area contributed by atoms with E-state index in [1.807, 2.05) is 55.8 Å². The summed E-state index contributed by atoms with van der Waals surface area (Å²) in [5, 5.41) is 8.70. The molecule has 4 rings (SSSR count). The third kappa shape index (κ3) is 3.38. The topological polar surface area (TPSA) is 46.9 Å². The largest absolute Gasteiger partial charge is 0.321 e. The fraction of sp³-hybridized carbons (Fsp3) is 0.182. The molecule has 0 bridgehead atoms. The predicted molar refractivity (Wildman–Crippen MR) is 112 cm³/mol. The van der Waals surface area contributed by atoms with Crippen LogP contribution in [-0.2, 0) is 0 Å². The van der Waals surface area contributed by atoms with Gasteiger partial charge in [0.2, 0.25) is 0 Å². The summed E-state index contributed by atoms with van der Waals surface area (Å²) in [5.74, 6) is -0.0867. The number of anilines is 1. The van der Waals surface area contributed by atoms with Gasteiger partial charge in [0, 0.05) is 11.1 Å². The Balaban J connectivity index is 1.71. The number of hydrogen-bond donors (Lipinski definition) is 1. The van der Waals surface area contributed by atoms with Crippen molar-refractivity contribution < 1.29 is 4.79 Å². The van der Waals surface area contributed by atoms with Gasteiger partial charge >= 0.3 is 0 Å². The average molecular weight is 375 g/mol. The number of nitrogens with one attached hydrogen (secondary N) is 1. The van der Waals surface area contributed by atoms with E-state index in [4.69, 9.17) is 0 Å². The quantitative estimate of drug-likeness (QED) is 0.509. The van der Waals surface area contributed by atoms with E-state index in [1.165, 1.54) is 16.9 Å². The van der Waals surface area contributed by atoms with Crippen molar-refractivity contribution in [3.8, 4) is 5.69 Å². The fourth-order valence-corrected chi connectivity index (χ4v) is 4.41. The molecule has 0 radical (unpaired) electrons. The molecule has 2 aromatic carbocycles. The van der Waals surface area contributed by atoms with Crippen LogP contribution in [0.15, 0.2) is 48.5 Å². The Morgan fingerprint density at radius 3 is 2.41 bits per heavy atom. The number of amides is 1. The maximum atomic E-state index is 12.8. The van der Waals surface area contributed by atoms with Gasteiger partial charge in [0.25, 0.3) is 5.91 Å². The van der Waals surface area contributed by atoms with Crippen molar-refractivity contribution in [1.82, 2.24) is 9.78 Å². The molecule has 5 heteroatoms. The summed E-state index contributed by atoms with van der Waals surface area (Å²) in [5.41, 5.74) is 6.20. The summed E-state index contributed by atoms with van der Waals surface area (Å²) in [6, 6.07) is 16.2. The number of benzene rings is 2. The molecule has 1 amide bonds. The van der Waals surface area contributed by atoms with E-state index in [0.29, 0.717) is 4.88 Å². The van der Waals surface area contributed by atoms with Crippen LogP contribution >= 0.6 is 11.3 Å². The molecule has 136 valence electrons.